The minimum Gasteiger partial charge on any atom is -0.395 e. The van der Waals surface area contributed by atoms with Crippen LogP contribution in [-0.2, 0) is 6.54 Å². The largest absolute Gasteiger partial charge is 0.395 e. The summed E-state index contributed by atoms with van der Waals surface area (Å²) in [6.45, 7) is 1.09. The highest BCUT2D eigenvalue weighted by Gasteiger charge is 2.08. The minimum atomic E-state index is 0.0300. The van der Waals surface area contributed by atoms with Crippen molar-refractivity contribution < 1.29 is 5.11 Å². The average molecular weight is 288 g/mol. The topological polar surface area (TPSA) is 60.2 Å². The first-order chi connectivity index (χ1) is 9.72. The van der Waals surface area contributed by atoms with E-state index in [0.717, 1.165) is 11.4 Å². The maximum Gasteiger partial charge on any atom is 0.128 e. The van der Waals surface area contributed by atoms with E-state index in [9.17, 15) is 5.11 Å². The molecule has 102 valence electrons. The average Bonchev–Trinajstić information content (AvgIpc) is 2.47. The van der Waals surface area contributed by atoms with Gasteiger partial charge < -0.3 is 10.0 Å². The Morgan fingerprint density at radius 3 is 2.75 bits per heavy atom. The first-order valence-electron chi connectivity index (χ1n) is 6.19. The van der Waals surface area contributed by atoms with E-state index in [1.165, 1.54) is 6.20 Å². The van der Waals surface area contributed by atoms with Crippen LogP contribution in [0.4, 0.5) is 5.82 Å². The summed E-state index contributed by atoms with van der Waals surface area (Å²) in [7, 11) is 0. The number of aliphatic hydroxyl groups excluding tert-OH is 1. The molecule has 0 unspecified atom stereocenters. The fraction of sp³-hybridized carbons (Fsp3) is 0.200. The molecule has 2 aromatic rings. The molecule has 0 aliphatic heterocycles. The molecular formula is C15H14ClN3O. The van der Waals surface area contributed by atoms with E-state index in [1.54, 1.807) is 12.1 Å². The van der Waals surface area contributed by atoms with Gasteiger partial charge in [0.25, 0.3) is 0 Å². The van der Waals surface area contributed by atoms with E-state index in [-0.39, 0.29) is 6.61 Å². The molecule has 0 saturated carbocycles. The molecule has 2 rings (SSSR count). The second-order valence-corrected chi connectivity index (χ2v) is 4.73. The highest BCUT2D eigenvalue weighted by atomic mass is 35.5. The van der Waals surface area contributed by atoms with Gasteiger partial charge in [-0.2, -0.15) is 5.26 Å². The van der Waals surface area contributed by atoms with Gasteiger partial charge in [-0.1, -0.05) is 23.7 Å². The number of hydrogen-bond acceptors (Lipinski definition) is 4. The monoisotopic (exact) mass is 287 g/mol. The maximum absolute atomic E-state index is 9.18. The molecule has 1 N–H and O–H groups in total. The number of benzene rings is 1. The number of halogens is 1. The van der Waals surface area contributed by atoms with Crippen LogP contribution in [0.5, 0.6) is 0 Å². The second kappa shape index (κ2) is 6.90. The predicted octanol–water partition coefficient (Wildman–Crippen LogP) is 2.61. The fourth-order valence-corrected chi connectivity index (χ4v) is 2.10. The molecule has 5 heteroatoms. The highest BCUT2D eigenvalue weighted by molar-refractivity contribution is 6.30. The molecule has 1 aromatic heterocycles. The third-order valence-corrected chi connectivity index (χ3v) is 3.07. The molecule has 0 spiro atoms. The molecule has 0 aliphatic carbocycles. The Kier molecular flexibility index (Phi) is 4.94. The van der Waals surface area contributed by atoms with Crippen molar-refractivity contribution in [2.45, 2.75) is 6.54 Å². The summed E-state index contributed by atoms with van der Waals surface area (Å²) in [5.74, 6) is 0.720. The Balaban J connectivity index is 2.19. The van der Waals surface area contributed by atoms with Crippen LogP contribution < -0.4 is 4.90 Å². The number of pyridine rings is 1. The van der Waals surface area contributed by atoms with Crippen LogP contribution in [0.2, 0.25) is 5.02 Å². The molecular weight excluding hydrogens is 274 g/mol. The van der Waals surface area contributed by atoms with Crippen LogP contribution in [0.15, 0.2) is 42.6 Å². The van der Waals surface area contributed by atoms with Crippen molar-refractivity contribution in [2.24, 2.45) is 0 Å². The van der Waals surface area contributed by atoms with E-state index >= 15 is 0 Å². The van der Waals surface area contributed by atoms with Crippen molar-refractivity contribution in [3.63, 3.8) is 0 Å². The summed E-state index contributed by atoms with van der Waals surface area (Å²) in [4.78, 5) is 6.18. The number of hydrogen-bond donors (Lipinski definition) is 1. The van der Waals surface area contributed by atoms with Gasteiger partial charge in [0.15, 0.2) is 0 Å². The third kappa shape index (κ3) is 3.70. The Labute approximate surface area is 122 Å². The summed E-state index contributed by atoms with van der Waals surface area (Å²) >= 11 is 5.97. The van der Waals surface area contributed by atoms with Crippen LogP contribution >= 0.6 is 11.6 Å². The molecule has 4 nitrogen and oxygen atoms in total. The van der Waals surface area contributed by atoms with Gasteiger partial charge in [-0.3, -0.25) is 0 Å². The van der Waals surface area contributed by atoms with E-state index in [2.05, 4.69) is 4.98 Å². The molecule has 0 fully saturated rings. The van der Waals surface area contributed by atoms with Crippen molar-refractivity contribution in [1.82, 2.24) is 4.98 Å². The number of rotatable bonds is 5. The zero-order valence-electron chi connectivity index (χ0n) is 10.8. The zero-order chi connectivity index (χ0) is 14.4. The Bertz CT molecular complexity index is 607. The van der Waals surface area contributed by atoms with Gasteiger partial charge in [-0.05, 0) is 29.8 Å². The summed E-state index contributed by atoms with van der Waals surface area (Å²) in [5, 5.41) is 18.6. The minimum absolute atomic E-state index is 0.0300. The van der Waals surface area contributed by atoms with Crippen molar-refractivity contribution in [2.75, 3.05) is 18.1 Å². The smallest absolute Gasteiger partial charge is 0.128 e. The lowest BCUT2D eigenvalue weighted by atomic mass is 10.2. The van der Waals surface area contributed by atoms with Crippen LogP contribution in [0.25, 0.3) is 0 Å². The lowest BCUT2D eigenvalue weighted by molar-refractivity contribution is 0.301. The molecule has 0 radical (unpaired) electrons. The zero-order valence-corrected chi connectivity index (χ0v) is 11.6. The fourth-order valence-electron chi connectivity index (χ4n) is 1.89. The quantitative estimate of drug-likeness (QED) is 0.918. The van der Waals surface area contributed by atoms with E-state index < -0.39 is 0 Å². The summed E-state index contributed by atoms with van der Waals surface area (Å²) < 4.78 is 0. The third-order valence-electron chi connectivity index (χ3n) is 2.83. The standard InChI is InChI=1S/C15H14ClN3O/c16-14-3-1-2-12(8-14)11-19(6-7-20)15-5-4-13(9-17)10-18-15/h1-5,8,10,20H,6-7,11H2. The van der Waals surface area contributed by atoms with Crippen LogP contribution in [-0.4, -0.2) is 23.2 Å². The van der Waals surface area contributed by atoms with Crippen molar-refractivity contribution in [3.05, 3.63) is 58.7 Å². The summed E-state index contributed by atoms with van der Waals surface area (Å²) in [6.07, 6.45) is 1.53. The van der Waals surface area contributed by atoms with Crippen molar-refractivity contribution >= 4 is 17.4 Å². The summed E-state index contributed by atoms with van der Waals surface area (Å²) in [6, 6.07) is 13.1. The number of aromatic nitrogens is 1. The number of anilines is 1. The van der Waals surface area contributed by atoms with Gasteiger partial charge in [0.05, 0.1) is 12.2 Å². The van der Waals surface area contributed by atoms with Gasteiger partial charge in [0.1, 0.15) is 11.9 Å². The van der Waals surface area contributed by atoms with Gasteiger partial charge in [0, 0.05) is 24.3 Å². The molecule has 0 atom stereocenters. The summed E-state index contributed by atoms with van der Waals surface area (Å²) in [5.41, 5.74) is 1.55. The van der Waals surface area contributed by atoms with Gasteiger partial charge in [-0.15, -0.1) is 0 Å². The van der Waals surface area contributed by atoms with Crippen LogP contribution in [0.3, 0.4) is 0 Å². The number of nitriles is 1. The molecule has 0 bridgehead atoms. The Morgan fingerprint density at radius 1 is 1.30 bits per heavy atom. The molecule has 1 heterocycles. The maximum atomic E-state index is 9.18. The predicted molar refractivity (Wildman–Crippen MR) is 78.5 cm³/mol. The molecule has 1 aromatic carbocycles. The number of aliphatic hydroxyl groups is 1. The first kappa shape index (κ1) is 14.3. The normalized spacial score (nSPS) is 10.1. The number of nitrogens with zero attached hydrogens (tertiary/aromatic N) is 3. The lowest BCUT2D eigenvalue weighted by Gasteiger charge is -2.23. The SMILES string of the molecule is N#Cc1ccc(N(CCO)Cc2cccc(Cl)c2)nc1. The molecule has 0 aliphatic rings. The Morgan fingerprint density at radius 2 is 2.15 bits per heavy atom. The molecule has 20 heavy (non-hydrogen) atoms. The Hall–Kier alpha value is -2.09. The lowest BCUT2D eigenvalue weighted by Crippen LogP contribution is -2.26. The molecule has 0 saturated heterocycles. The van der Waals surface area contributed by atoms with E-state index in [0.29, 0.717) is 23.7 Å². The van der Waals surface area contributed by atoms with Crippen LogP contribution in [0.1, 0.15) is 11.1 Å². The van der Waals surface area contributed by atoms with Crippen molar-refractivity contribution in [1.29, 1.82) is 5.26 Å². The van der Waals surface area contributed by atoms with Crippen molar-refractivity contribution in [3.8, 4) is 6.07 Å². The van der Waals surface area contributed by atoms with E-state index in [1.807, 2.05) is 35.2 Å². The van der Waals surface area contributed by atoms with E-state index in [4.69, 9.17) is 16.9 Å². The van der Waals surface area contributed by atoms with Gasteiger partial charge in [0.2, 0.25) is 0 Å². The van der Waals surface area contributed by atoms with Gasteiger partial charge >= 0.3 is 0 Å². The first-order valence-corrected chi connectivity index (χ1v) is 6.57. The second-order valence-electron chi connectivity index (χ2n) is 4.29. The van der Waals surface area contributed by atoms with Gasteiger partial charge in [-0.25, -0.2) is 4.98 Å². The highest BCUT2D eigenvalue weighted by Crippen LogP contribution is 2.17. The van der Waals surface area contributed by atoms with Crippen LogP contribution in [0, 0.1) is 11.3 Å². The molecule has 0 amide bonds.